The average molecular weight is 348 g/mol. The lowest BCUT2D eigenvalue weighted by molar-refractivity contribution is -0.0724. The van der Waals surface area contributed by atoms with Crippen LogP contribution in [0.4, 0.5) is 14.5 Å². The molecule has 0 saturated carbocycles. The Hall–Kier alpha value is -2.50. The van der Waals surface area contributed by atoms with E-state index in [0.29, 0.717) is 44.9 Å². The van der Waals surface area contributed by atoms with Gasteiger partial charge in [-0.3, -0.25) is 0 Å². The second-order valence-electron chi connectivity index (χ2n) is 5.74. The molecule has 25 heavy (non-hydrogen) atoms. The molecule has 1 aliphatic rings. The summed E-state index contributed by atoms with van der Waals surface area (Å²) < 4.78 is 39.6. The second kappa shape index (κ2) is 7.59. The molecule has 0 amide bonds. The minimum absolute atomic E-state index is 0.225. The van der Waals surface area contributed by atoms with Gasteiger partial charge in [0.05, 0.1) is 44.0 Å². The molecule has 0 aliphatic carbocycles. The van der Waals surface area contributed by atoms with Gasteiger partial charge in [0.1, 0.15) is 5.69 Å². The third-order valence-corrected chi connectivity index (χ3v) is 4.06. The Balaban J connectivity index is 1.55. The number of nitriles is 1. The molecule has 0 atom stereocenters. The molecule has 1 aliphatic heterocycles. The van der Waals surface area contributed by atoms with Crippen molar-refractivity contribution in [2.24, 2.45) is 0 Å². The molecule has 1 N–H and O–H groups in total. The predicted molar refractivity (Wildman–Crippen MR) is 86.3 cm³/mol. The zero-order chi connectivity index (χ0) is 17.7. The molecule has 2 aromatic rings. The summed E-state index contributed by atoms with van der Waals surface area (Å²) in [6, 6.07) is 5.88. The predicted octanol–water partition coefficient (Wildman–Crippen LogP) is 2.65. The number of nitrogens with zero attached hydrogens (tertiary/aromatic N) is 3. The van der Waals surface area contributed by atoms with Crippen LogP contribution in [0.3, 0.4) is 0 Å². The Bertz CT molecular complexity index is 746. The van der Waals surface area contributed by atoms with Crippen LogP contribution in [0.25, 0.3) is 5.69 Å². The maximum Gasteiger partial charge on any atom is 0.158 e. The van der Waals surface area contributed by atoms with Crippen LogP contribution in [0, 0.1) is 23.0 Å². The third-order valence-electron chi connectivity index (χ3n) is 4.06. The van der Waals surface area contributed by atoms with E-state index in [1.807, 2.05) is 0 Å². The standard InChI is InChI=1S/C17H18F2N4O2/c18-14-2-1-3-15(19)16(14)23-11-13(10-22-23)21-6-9-25-17(12-20)4-7-24-8-5-17/h1-3,10-11,21H,4-9H2. The SMILES string of the molecule is N#CC1(OCCNc2cnn(-c3c(F)cccc3F)c2)CCOCC1. The van der Waals surface area contributed by atoms with E-state index >= 15 is 0 Å². The minimum atomic E-state index is -0.791. The van der Waals surface area contributed by atoms with E-state index < -0.39 is 17.2 Å². The highest BCUT2D eigenvalue weighted by atomic mass is 19.1. The molecule has 0 spiro atoms. The van der Waals surface area contributed by atoms with Crippen LogP contribution in [0.1, 0.15) is 12.8 Å². The second-order valence-corrected chi connectivity index (χ2v) is 5.74. The maximum absolute atomic E-state index is 13.8. The molecule has 2 heterocycles. The molecular weight excluding hydrogens is 330 g/mol. The van der Waals surface area contributed by atoms with Crippen molar-refractivity contribution in [3.8, 4) is 11.8 Å². The van der Waals surface area contributed by atoms with Gasteiger partial charge in [0.2, 0.25) is 0 Å². The van der Waals surface area contributed by atoms with Crippen LogP contribution in [-0.4, -0.2) is 41.7 Å². The first kappa shape index (κ1) is 17.3. The fourth-order valence-electron chi connectivity index (χ4n) is 2.68. The lowest BCUT2D eigenvalue weighted by Crippen LogP contribution is -2.38. The van der Waals surface area contributed by atoms with Crippen LogP contribution in [0.2, 0.25) is 0 Å². The fraction of sp³-hybridized carbons (Fsp3) is 0.412. The van der Waals surface area contributed by atoms with Crippen molar-refractivity contribution in [2.75, 3.05) is 31.7 Å². The summed E-state index contributed by atoms with van der Waals surface area (Å²) in [7, 11) is 0. The van der Waals surface area contributed by atoms with Gasteiger partial charge < -0.3 is 14.8 Å². The molecule has 1 saturated heterocycles. The number of hydrogen-bond acceptors (Lipinski definition) is 5. The van der Waals surface area contributed by atoms with E-state index in [2.05, 4.69) is 16.5 Å². The summed E-state index contributed by atoms with van der Waals surface area (Å²) in [5.41, 5.74) is -0.415. The summed E-state index contributed by atoms with van der Waals surface area (Å²) in [5.74, 6) is -1.37. The molecule has 1 aromatic heterocycles. The number of ether oxygens (including phenoxy) is 2. The Labute approximate surface area is 144 Å². The van der Waals surface area contributed by atoms with Gasteiger partial charge in [-0.2, -0.15) is 10.4 Å². The lowest BCUT2D eigenvalue weighted by atomic mass is 9.96. The Morgan fingerprint density at radius 1 is 1.32 bits per heavy atom. The summed E-state index contributed by atoms with van der Waals surface area (Å²) in [4.78, 5) is 0. The summed E-state index contributed by atoms with van der Waals surface area (Å²) in [5, 5.41) is 16.3. The number of para-hydroxylation sites is 1. The Kier molecular flexibility index (Phi) is 5.26. The normalized spacial score (nSPS) is 16.4. The zero-order valence-corrected chi connectivity index (χ0v) is 13.5. The number of halogens is 2. The van der Waals surface area contributed by atoms with Crippen LogP contribution in [-0.2, 0) is 9.47 Å². The van der Waals surface area contributed by atoms with Gasteiger partial charge in [-0.1, -0.05) is 6.07 Å². The highest BCUT2D eigenvalue weighted by Gasteiger charge is 2.33. The summed E-state index contributed by atoms with van der Waals surface area (Å²) >= 11 is 0. The molecule has 0 unspecified atom stereocenters. The molecule has 0 bridgehead atoms. The first-order chi connectivity index (χ1) is 12.1. The first-order valence-electron chi connectivity index (χ1n) is 7.99. The van der Waals surface area contributed by atoms with E-state index in [-0.39, 0.29) is 5.69 Å². The third kappa shape index (κ3) is 3.95. The van der Waals surface area contributed by atoms with Crippen molar-refractivity contribution in [3.63, 3.8) is 0 Å². The zero-order valence-electron chi connectivity index (χ0n) is 13.5. The van der Waals surface area contributed by atoms with Crippen molar-refractivity contribution in [3.05, 3.63) is 42.2 Å². The van der Waals surface area contributed by atoms with Crippen molar-refractivity contribution in [1.82, 2.24) is 9.78 Å². The number of nitrogens with one attached hydrogen (secondary N) is 1. The first-order valence-corrected chi connectivity index (χ1v) is 7.99. The highest BCUT2D eigenvalue weighted by Crippen LogP contribution is 2.24. The van der Waals surface area contributed by atoms with E-state index in [4.69, 9.17) is 9.47 Å². The van der Waals surface area contributed by atoms with E-state index in [1.165, 1.54) is 30.6 Å². The van der Waals surface area contributed by atoms with Crippen molar-refractivity contribution in [1.29, 1.82) is 5.26 Å². The van der Waals surface area contributed by atoms with Gasteiger partial charge in [0, 0.05) is 19.4 Å². The Morgan fingerprint density at radius 3 is 2.72 bits per heavy atom. The maximum atomic E-state index is 13.8. The van der Waals surface area contributed by atoms with Gasteiger partial charge in [-0.15, -0.1) is 0 Å². The number of anilines is 1. The van der Waals surface area contributed by atoms with Crippen molar-refractivity contribution in [2.45, 2.75) is 18.4 Å². The van der Waals surface area contributed by atoms with Gasteiger partial charge >= 0.3 is 0 Å². The smallest absolute Gasteiger partial charge is 0.158 e. The van der Waals surface area contributed by atoms with E-state index in [0.717, 1.165) is 4.68 Å². The van der Waals surface area contributed by atoms with Crippen molar-refractivity contribution < 1.29 is 18.3 Å². The number of aromatic nitrogens is 2. The van der Waals surface area contributed by atoms with Gasteiger partial charge in [-0.05, 0) is 12.1 Å². The monoisotopic (exact) mass is 348 g/mol. The number of rotatable bonds is 6. The van der Waals surface area contributed by atoms with Crippen LogP contribution < -0.4 is 5.32 Å². The molecule has 1 fully saturated rings. The Morgan fingerprint density at radius 2 is 2.04 bits per heavy atom. The molecule has 3 rings (SSSR count). The summed E-state index contributed by atoms with van der Waals surface area (Å²) in [6.07, 6.45) is 4.07. The summed E-state index contributed by atoms with van der Waals surface area (Å²) in [6.45, 7) is 1.80. The molecule has 132 valence electrons. The highest BCUT2D eigenvalue weighted by molar-refractivity contribution is 5.43. The molecule has 8 heteroatoms. The van der Waals surface area contributed by atoms with Gasteiger partial charge in [-0.25, -0.2) is 13.5 Å². The minimum Gasteiger partial charge on any atom is -0.381 e. The quantitative estimate of drug-likeness (QED) is 0.813. The van der Waals surface area contributed by atoms with Gasteiger partial charge in [0.25, 0.3) is 0 Å². The van der Waals surface area contributed by atoms with E-state index in [1.54, 1.807) is 0 Å². The van der Waals surface area contributed by atoms with E-state index in [9.17, 15) is 14.0 Å². The van der Waals surface area contributed by atoms with Crippen molar-refractivity contribution >= 4 is 5.69 Å². The largest absolute Gasteiger partial charge is 0.381 e. The van der Waals surface area contributed by atoms with Crippen LogP contribution in [0.5, 0.6) is 0 Å². The average Bonchev–Trinajstić information content (AvgIpc) is 3.08. The number of hydrogen-bond donors (Lipinski definition) is 1. The van der Waals surface area contributed by atoms with Crippen LogP contribution in [0.15, 0.2) is 30.6 Å². The molecular formula is C17H18F2N4O2. The van der Waals surface area contributed by atoms with Crippen LogP contribution >= 0.6 is 0 Å². The van der Waals surface area contributed by atoms with Gasteiger partial charge in [0.15, 0.2) is 17.2 Å². The topological polar surface area (TPSA) is 72.1 Å². The molecule has 0 radical (unpaired) electrons. The molecule has 6 nitrogen and oxygen atoms in total. The lowest BCUT2D eigenvalue weighted by Gasteiger charge is -2.30. The fourth-order valence-corrected chi connectivity index (χ4v) is 2.68. The molecule has 1 aromatic carbocycles. The number of benzene rings is 1.